The number of hydrogen-bond acceptors (Lipinski definition) is 1. The number of unbranched alkanes of at least 4 members (excludes halogenated alkanes) is 2. The number of rotatable bonds is 8. The van der Waals surface area contributed by atoms with E-state index in [4.69, 9.17) is 4.74 Å². The van der Waals surface area contributed by atoms with Crippen molar-refractivity contribution in [2.45, 2.75) is 103 Å². The molecule has 0 saturated heterocycles. The number of halogens is 4. The molecule has 206 valence electrons. The summed E-state index contributed by atoms with van der Waals surface area (Å²) in [5.74, 6) is 3.28. The summed E-state index contributed by atoms with van der Waals surface area (Å²) in [4.78, 5) is 0. The Hall–Kier alpha value is -2.48. The minimum Gasteiger partial charge on any atom is -0.491 e. The first kappa shape index (κ1) is 28.5. The summed E-state index contributed by atoms with van der Waals surface area (Å²) in [5.41, 5.74) is 0.961. The molecule has 1 nitrogen and oxygen atoms in total. The molecule has 4 rings (SSSR count). The van der Waals surface area contributed by atoms with Crippen LogP contribution in [0.15, 0.2) is 24.3 Å². The highest BCUT2D eigenvalue weighted by Crippen LogP contribution is 2.40. The fraction of sp³-hybridized carbons (Fsp3) is 0.576. The van der Waals surface area contributed by atoms with Crippen LogP contribution in [0.5, 0.6) is 5.75 Å². The van der Waals surface area contributed by atoms with E-state index in [0.717, 1.165) is 31.6 Å². The van der Waals surface area contributed by atoms with Crippen molar-refractivity contribution >= 4 is 0 Å². The average molecular weight is 529 g/mol. The molecule has 0 unspecified atom stereocenters. The molecule has 2 aromatic rings. The second kappa shape index (κ2) is 13.5. The molecule has 0 amide bonds. The summed E-state index contributed by atoms with van der Waals surface area (Å²) in [7, 11) is 0. The van der Waals surface area contributed by atoms with E-state index in [0.29, 0.717) is 36.8 Å². The van der Waals surface area contributed by atoms with Crippen LogP contribution in [-0.2, 0) is 0 Å². The van der Waals surface area contributed by atoms with Gasteiger partial charge in [-0.05, 0) is 99.3 Å². The fourth-order valence-corrected chi connectivity index (χ4v) is 6.28. The molecule has 0 atom stereocenters. The van der Waals surface area contributed by atoms with Crippen LogP contribution >= 0.6 is 0 Å². The Kier molecular flexibility index (Phi) is 10.2. The molecular formula is C33H40F4O. The Bertz CT molecular complexity index is 1130. The summed E-state index contributed by atoms with van der Waals surface area (Å²) in [6, 6.07) is 6.45. The molecule has 2 fully saturated rings. The highest BCUT2D eigenvalue weighted by molar-refractivity contribution is 5.40. The van der Waals surface area contributed by atoms with Crippen molar-refractivity contribution in [1.29, 1.82) is 0 Å². The van der Waals surface area contributed by atoms with Gasteiger partial charge in [-0.3, -0.25) is 0 Å². The van der Waals surface area contributed by atoms with Crippen LogP contribution in [0.1, 0.15) is 119 Å². The smallest absolute Gasteiger partial charge is 0.200 e. The van der Waals surface area contributed by atoms with Crippen molar-refractivity contribution < 1.29 is 22.3 Å². The lowest BCUT2D eigenvalue weighted by molar-refractivity contribution is 0.298. The Labute approximate surface area is 225 Å². The van der Waals surface area contributed by atoms with Crippen molar-refractivity contribution in [3.8, 4) is 17.6 Å². The van der Waals surface area contributed by atoms with Gasteiger partial charge in [0.2, 0.25) is 5.82 Å². The second-order valence-corrected chi connectivity index (χ2v) is 11.1. The number of benzene rings is 2. The minimum atomic E-state index is -0.938. The largest absolute Gasteiger partial charge is 0.491 e. The summed E-state index contributed by atoms with van der Waals surface area (Å²) in [5, 5.41) is 0. The van der Waals surface area contributed by atoms with E-state index in [2.05, 4.69) is 18.8 Å². The average Bonchev–Trinajstić information content (AvgIpc) is 2.93. The lowest BCUT2D eigenvalue weighted by atomic mass is 9.76. The lowest BCUT2D eigenvalue weighted by Crippen LogP contribution is -2.15. The molecule has 0 radical (unpaired) electrons. The third-order valence-corrected chi connectivity index (χ3v) is 8.57. The monoisotopic (exact) mass is 528 g/mol. The van der Waals surface area contributed by atoms with Gasteiger partial charge in [-0.1, -0.05) is 56.6 Å². The van der Waals surface area contributed by atoms with Crippen molar-refractivity contribution in [3.05, 3.63) is 64.2 Å². The highest BCUT2D eigenvalue weighted by Gasteiger charge is 2.27. The van der Waals surface area contributed by atoms with Crippen LogP contribution in [0.4, 0.5) is 17.6 Å². The molecule has 5 heteroatoms. The molecule has 0 spiro atoms. The minimum absolute atomic E-state index is 0.0204. The summed E-state index contributed by atoms with van der Waals surface area (Å²) < 4.78 is 64.0. The molecule has 2 saturated carbocycles. The maximum absolute atomic E-state index is 15.0. The van der Waals surface area contributed by atoms with Gasteiger partial charge >= 0.3 is 0 Å². The molecule has 2 aliphatic rings. The molecule has 38 heavy (non-hydrogen) atoms. The van der Waals surface area contributed by atoms with E-state index in [1.165, 1.54) is 31.7 Å². The first-order valence-corrected chi connectivity index (χ1v) is 14.5. The first-order chi connectivity index (χ1) is 18.4. The quantitative estimate of drug-likeness (QED) is 0.188. The van der Waals surface area contributed by atoms with Gasteiger partial charge in [0, 0.05) is 5.92 Å². The maximum atomic E-state index is 15.0. The van der Waals surface area contributed by atoms with Gasteiger partial charge in [0.1, 0.15) is 0 Å². The first-order valence-electron chi connectivity index (χ1n) is 14.5. The standard InChI is InChI=1S/C33H40F4O/c1-3-5-6-7-22-8-13-24(14-9-22)27-19-18-26(30(34)31(27)35)17-12-23-10-15-25(16-11-23)28-20-21-29(38-4-2)33(37)32(28)36/h18-25H,3-11,13-16H2,1-2H3. The van der Waals surface area contributed by atoms with E-state index in [-0.39, 0.29) is 35.7 Å². The van der Waals surface area contributed by atoms with E-state index >= 15 is 4.39 Å². The van der Waals surface area contributed by atoms with Crippen molar-refractivity contribution in [1.82, 2.24) is 0 Å². The zero-order valence-electron chi connectivity index (χ0n) is 22.7. The summed E-state index contributed by atoms with van der Waals surface area (Å²) in [6.07, 6.45) is 11.8. The predicted molar refractivity (Wildman–Crippen MR) is 144 cm³/mol. The zero-order chi connectivity index (χ0) is 27.1. The topological polar surface area (TPSA) is 9.23 Å². The number of ether oxygens (including phenoxy) is 1. The predicted octanol–water partition coefficient (Wildman–Crippen LogP) is 9.82. The number of hydrogen-bond donors (Lipinski definition) is 0. The van der Waals surface area contributed by atoms with Gasteiger partial charge < -0.3 is 4.74 Å². The lowest BCUT2D eigenvalue weighted by Gasteiger charge is -2.29. The summed E-state index contributed by atoms with van der Waals surface area (Å²) >= 11 is 0. The van der Waals surface area contributed by atoms with Gasteiger partial charge in [0.25, 0.3) is 0 Å². The third kappa shape index (κ3) is 6.74. The van der Waals surface area contributed by atoms with E-state index in [9.17, 15) is 13.2 Å². The molecule has 2 aromatic carbocycles. The van der Waals surface area contributed by atoms with Crippen LogP contribution in [0.3, 0.4) is 0 Å². The Morgan fingerprint density at radius 2 is 1.32 bits per heavy atom. The molecule has 0 bridgehead atoms. The van der Waals surface area contributed by atoms with Crippen molar-refractivity contribution in [2.75, 3.05) is 6.61 Å². The van der Waals surface area contributed by atoms with Crippen LogP contribution in [0, 0.1) is 46.9 Å². The van der Waals surface area contributed by atoms with E-state index in [1.54, 1.807) is 25.1 Å². The third-order valence-electron chi connectivity index (χ3n) is 8.57. The summed E-state index contributed by atoms with van der Waals surface area (Å²) in [6.45, 7) is 4.21. The highest BCUT2D eigenvalue weighted by atomic mass is 19.2. The molecule has 0 N–H and O–H groups in total. The van der Waals surface area contributed by atoms with Gasteiger partial charge in [0.15, 0.2) is 23.2 Å². The van der Waals surface area contributed by atoms with Crippen LogP contribution in [-0.4, -0.2) is 6.61 Å². The Morgan fingerprint density at radius 1 is 0.711 bits per heavy atom. The van der Waals surface area contributed by atoms with Crippen LogP contribution < -0.4 is 4.74 Å². The van der Waals surface area contributed by atoms with Gasteiger partial charge in [-0.25, -0.2) is 13.2 Å². The fourth-order valence-electron chi connectivity index (χ4n) is 6.28. The van der Waals surface area contributed by atoms with Gasteiger partial charge in [-0.15, -0.1) is 0 Å². The SMILES string of the molecule is CCCCCC1CCC(c2ccc(C#CC3CCC(c4ccc(OCC)c(F)c4F)CC3)c(F)c2F)CC1. The van der Waals surface area contributed by atoms with Crippen LogP contribution in [0.25, 0.3) is 0 Å². The normalized spacial score (nSPS) is 23.5. The molecule has 2 aliphatic carbocycles. The molecule has 0 heterocycles. The Balaban J connectivity index is 1.34. The Morgan fingerprint density at radius 3 is 1.95 bits per heavy atom. The van der Waals surface area contributed by atoms with Crippen LogP contribution in [0.2, 0.25) is 0 Å². The molecular weight excluding hydrogens is 488 g/mol. The van der Waals surface area contributed by atoms with Gasteiger partial charge in [-0.2, -0.15) is 4.39 Å². The van der Waals surface area contributed by atoms with Crippen molar-refractivity contribution in [2.24, 2.45) is 11.8 Å². The van der Waals surface area contributed by atoms with E-state index in [1.807, 2.05) is 0 Å². The van der Waals surface area contributed by atoms with Gasteiger partial charge in [0.05, 0.1) is 12.2 Å². The second-order valence-electron chi connectivity index (χ2n) is 11.1. The van der Waals surface area contributed by atoms with Crippen molar-refractivity contribution in [3.63, 3.8) is 0 Å². The van der Waals surface area contributed by atoms with E-state index < -0.39 is 23.3 Å². The zero-order valence-corrected chi connectivity index (χ0v) is 22.7. The maximum Gasteiger partial charge on any atom is 0.200 e. The molecule has 0 aromatic heterocycles. The molecule has 0 aliphatic heterocycles.